The van der Waals surface area contributed by atoms with Gasteiger partial charge in [-0.2, -0.15) is 5.10 Å². The molecule has 0 bridgehead atoms. The fourth-order valence-electron chi connectivity index (χ4n) is 2.55. The molecule has 0 radical (unpaired) electrons. The summed E-state index contributed by atoms with van der Waals surface area (Å²) in [6.45, 7) is 2.96. The Bertz CT molecular complexity index is 547. The number of aromatic nitrogens is 4. The fraction of sp³-hybridized carbons (Fsp3) is 0.615. The SMILES string of the molecule is Cn1ncc2c(OCCC3CCCNC3)ncnc21. The van der Waals surface area contributed by atoms with E-state index < -0.39 is 0 Å². The maximum absolute atomic E-state index is 5.80. The minimum absolute atomic E-state index is 0.641. The van der Waals surface area contributed by atoms with E-state index in [0.29, 0.717) is 12.5 Å². The molecule has 1 aliphatic heterocycles. The Morgan fingerprint density at radius 2 is 2.42 bits per heavy atom. The summed E-state index contributed by atoms with van der Waals surface area (Å²) in [5.74, 6) is 1.36. The zero-order valence-corrected chi connectivity index (χ0v) is 11.2. The smallest absolute Gasteiger partial charge is 0.227 e. The molecule has 1 atom stereocenters. The van der Waals surface area contributed by atoms with Gasteiger partial charge in [-0.1, -0.05) is 0 Å². The van der Waals surface area contributed by atoms with Gasteiger partial charge < -0.3 is 10.1 Å². The number of aryl methyl sites for hydroxylation is 1. The molecular weight excluding hydrogens is 242 g/mol. The molecule has 0 aliphatic carbocycles. The van der Waals surface area contributed by atoms with Crippen molar-refractivity contribution in [1.82, 2.24) is 25.1 Å². The van der Waals surface area contributed by atoms with E-state index in [2.05, 4.69) is 20.4 Å². The van der Waals surface area contributed by atoms with Gasteiger partial charge in [0, 0.05) is 7.05 Å². The van der Waals surface area contributed by atoms with Gasteiger partial charge in [0.15, 0.2) is 5.65 Å². The van der Waals surface area contributed by atoms with Crippen molar-refractivity contribution in [2.75, 3.05) is 19.7 Å². The Hall–Kier alpha value is -1.69. The van der Waals surface area contributed by atoms with E-state index in [0.717, 1.165) is 36.5 Å². The first-order valence-corrected chi connectivity index (χ1v) is 6.81. The zero-order valence-electron chi connectivity index (χ0n) is 11.2. The lowest BCUT2D eigenvalue weighted by molar-refractivity contribution is 0.249. The van der Waals surface area contributed by atoms with Gasteiger partial charge in [-0.25, -0.2) is 9.97 Å². The van der Waals surface area contributed by atoms with Gasteiger partial charge in [0.25, 0.3) is 0 Å². The predicted molar refractivity (Wildman–Crippen MR) is 72.0 cm³/mol. The molecule has 1 aliphatic rings. The summed E-state index contributed by atoms with van der Waals surface area (Å²) >= 11 is 0. The normalized spacial score (nSPS) is 19.7. The number of fused-ring (bicyclic) bond motifs is 1. The molecule has 1 saturated heterocycles. The van der Waals surface area contributed by atoms with E-state index >= 15 is 0 Å². The number of ether oxygens (including phenoxy) is 1. The molecule has 0 amide bonds. The van der Waals surface area contributed by atoms with Crippen molar-refractivity contribution in [3.63, 3.8) is 0 Å². The largest absolute Gasteiger partial charge is 0.477 e. The maximum atomic E-state index is 5.80. The highest BCUT2D eigenvalue weighted by Crippen LogP contribution is 2.21. The average Bonchev–Trinajstić information content (AvgIpc) is 2.83. The number of hydrogen-bond donors (Lipinski definition) is 1. The first kappa shape index (κ1) is 12.3. The van der Waals surface area contributed by atoms with Crippen LogP contribution < -0.4 is 10.1 Å². The van der Waals surface area contributed by atoms with Crippen molar-refractivity contribution >= 4 is 11.0 Å². The Morgan fingerprint density at radius 1 is 1.47 bits per heavy atom. The second-order valence-corrected chi connectivity index (χ2v) is 5.03. The van der Waals surface area contributed by atoms with Gasteiger partial charge in [-0.05, 0) is 38.3 Å². The Morgan fingerprint density at radius 3 is 3.26 bits per heavy atom. The molecule has 0 spiro atoms. The standard InChI is InChI=1S/C13H19N5O/c1-18-12-11(8-17-18)13(16-9-15-12)19-6-4-10-3-2-5-14-7-10/h8-10,14H,2-7H2,1H3. The molecule has 6 nitrogen and oxygen atoms in total. The second-order valence-electron chi connectivity index (χ2n) is 5.03. The molecular formula is C13H19N5O. The molecule has 0 aromatic carbocycles. The molecule has 3 rings (SSSR count). The van der Waals surface area contributed by atoms with Crippen LogP contribution in [0.25, 0.3) is 11.0 Å². The lowest BCUT2D eigenvalue weighted by Crippen LogP contribution is -2.30. The third-order valence-electron chi connectivity index (χ3n) is 3.66. The van der Waals surface area contributed by atoms with Crippen LogP contribution in [-0.2, 0) is 7.05 Å². The van der Waals surface area contributed by atoms with E-state index in [9.17, 15) is 0 Å². The predicted octanol–water partition coefficient (Wildman–Crippen LogP) is 1.13. The highest BCUT2D eigenvalue weighted by molar-refractivity contribution is 5.79. The maximum Gasteiger partial charge on any atom is 0.227 e. The topological polar surface area (TPSA) is 64.9 Å². The number of nitrogens with one attached hydrogen (secondary N) is 1. The van der Waals surface area contributed by atoms with Crippen LogP contribution in [0.5, 0.6) is 5.88 Å². The first-order chi connectivity index (χ1) is 9.34. The summed E-state index contributed by atoms with van der Waals surface area (Å²) in [5, 5.41) is 8.48. The summed E-state index contributed by atoms with van der Waals surface area (Å²) in [6, 6.07) is 0. The first-order valence-electron chi connectivity index (χ1n) is 6.81. The van der Waals surface area contributed by atoms with E-state index in [1.807, 2.05) is 7.05 Å². The number of hydrogen-bond acceptors (Lipinski definition) is 5. The van der Waals surface area contributed by atoms with Crippen LogP contribution in [0, 0.1) is 5.92 Å². The van der Waals surface area contributed by atoms with Gasteiger partial charge >= 0.3 is 0 Å². The minimum atomic E-state index is 0.641. The van der Waals surface area contributed by atoms with Gasteiger partial charge in [-0.3, -0.25) is 4.68 Å². The van der Waals surface area contributed by atoms with E-state index in [1.165, 1.54) is 19.2 Å². The average molecular weight is 261 g/mol. The number of piperidine rings is 1. The number of rotatable bonds is 4. The molecule has 1 unspecified atom stereocenters. The minimum Gasteiger partial charge on any atom is -0.477 e. The quantitative estimate of drug-likeness (QED) is 0.894. The van der Waals surface area contributed by atoms with Crippen molar-refractivity contribution in [1.29, 1.82) is 0 Å². The Balaban J connectivity index is 1.62. The van der Waals surface area contributed by atoms with Crippen molar-refractivity contribution in [3.8, 4) is 5.88 Å². The Labute approximate surface area is 112 Å². The van der Waals surface area contributed by atoms with Crippen LogP contribution in [0.1, 0.15) is 19.3 Å². The van der Waals surface area contributed by atoms with E-state index in [1.54, 1.807) is 10.9 Å². The van der Waals surface area contributed by atoms with Crippen LogP contribution >= 0.6 is 0 Å². The van der Waals surface area contributed by atoms with Gasteiger partial charge in [-0.15, -0.1) is 0 Å². The monoisotopic (exact) mass is 261 g/mol. The third-order valence-corrected chi connectivity index (χ3v) is 3.66. The fourth-order valence-corrected chi connectivity index (χ4v) is 2.55. The van der Waals surface area contributed by atoms with Gasteiger partial charge in [0.1, 0.15) is 11.7 Å². The number of nitrogens with zero attached hydrogens (tertiary/aromatic N) is 4. The van der Waals surface area contributed by atoms with E-state index in [-0.39, 0.29) is 0 Å². The molecule has 1 fully saturated rings. The third kappa shape index (κ3) is 2.68. The molecule has 3 heterocycles. The van der Waals surface area contributed by atoms with Crippen LogP contribution in [0.4, 0.5) is 0 Å². The Kier molecular flexibility index (Phi) is 3.59. The van der Waals surface area contributed by atoms with Crippen LogP contribution in [0.3, 0.4) is 0 Å². The molecule has 6 heteroatoms. The second kappa shape index (κ2) is 5.52. The molecule has 19 heavy (non-hydrogen) atoms. The van der Waals surface area contributed by atoms with Crippen LogP contribution in [0.15, 0.2) is 12.5 Å². The van der Waals surface area contributed by atoms with Crippen LogP contribution in [-0.4, -0.2) is 39.4 Å². The molecule has 0 saturated carbocycles. The summed E-state index contributed by atoms with van der Waals surface area (Å²) < 4.78 is 7.53. The van der Waals surface area contributed by atoms with Crippen LogP contribution in [0.2, 0.25) is 0 Å². The molecule has 102 valence electrons. The summed E-state index contributed by atoms with van der Waals surface area (Å²) in [4.78, 5) is 8.40. The van der Waals surface area contributed by atoms with Gasteiger partial charge in [0.05, 0.1) is 12.8 Å². The highest BCUT2D eigenvalue weighted by atomic mass is 16.5. The molecule has 2 aromatic heterocycles. The van der Waals surface area contributed by atoms with Gasteiger partial charge in [0.2, 0.25) is 5.88 Å². The van der Waals surface area contributed by atoms with E-state index in [4.69, 9.17) is 4.74 Å². The molecule has 2 aromatic rings. The van der Waals surface area contributed by atoms with Crippen molar-refractivity contribution in [3.05, 3.63) is 12.5 Å². The lowest BCUT2D eigenvalue weighted by Gasteiger charge is -2.22. The van der Waals surface area contributed by atoms with Crippen molar-refractivity contribution in [2.45, 2.75) is 19.3 Å². The van der Waals surface area contributed by atoms with Crippen molar-refractivity contribution < 1.29 is 4.74 Å². The summed E-state index contributed by atoms with van der Waals surface area (Å²) in [5.41, 5.74) is 0.810. The highest BCUT2D eigenvalue weighted by Gasteiger charge is 2.14. The molecule has 1 N–H and O–H groups in total. The summed E-state index contributed by atoms with van der Waals surface area (Å²) in [7, 11) is 1.87. The zero-order chi connectivity index (χ0) is 13.1. The lowest BCUT2D eigenvalue weighted by atomic mass is 9.97. The van der Waals surface area contributed by atoms with Crippen molar-refractivity contribution in [2.24, 2.45) is 13.0 Å². The summed E-state index contributed by atoms with van der Waals surface area (Å²) in [6.07, 6.45) is 6.92.